The van der Waals surface area contributed by atoms with Gasteiger partial charge in [0.1, 0.15) is 16.8 Å². The maximum atomic E-state index is 6.15. The first-order valence-corrected chi connectivity index (χ1v) is 7.10. The summed E-state index contributed by atoms with van der Waals surface area (Å²) >= 11 is 6.15. The first-order valence-electron chi connectivity index (χ1n) is 6.72. The lowest BCUT2D eigenvalue weighted by Crippen LogP contribution is -2.57. The largest absolute Gasteiger partial charge is 0.381 e. The predicted octanol–water partition coefficient (Wildman–Crippen LogP) is 3.23. The standard InChI is InChI=1S/C14H22ClN3O/c1-6-11-17-12(15)8(2)13(18-11)16-9-7-10(19-5)14(9,3)4/h9-10H,6-7H2,1-5H3,(H,16,17,18). The van der Waals surface area contributed by atoms with Crippen LogP contribution in [0, 0.1) is 12.3 Å². The van der Waals surface area contributed by atoms with Gasteiger partial charge in [-0.3, -0.25) is 0 Å². The third-order valence-electron chi connectivity index (χ3n) is 4.22. The average Bonchev–Trinajstić information content (AvgIpc) is 2.38. The normalized spacial score (nSPS) is 24.9. The molecule has 1 saturated carbocycles. The van der Waals surface area contributed by atoms with E-state index in [9.17, 15) is 0 Å². The Kier molecular flexibility index (Phi) is 4.02. The summed E-state index contributed by atoms with van der Waals surface area (Å²) < 4.78 is 5.47. The van der Waals surface area contributed by atoms with Crippen LogP contribution in [0.1, 0.15) is 38.6 Å². The van der Waals surface area contributed by atoms with E-state index in [2.05, 4.69) is 29.1 Å². The maximum absolute atomic E-state index is 6.15. The Morgan fingerprint density at radius 1 is 1.42 bits per heavy atom. The SMILES string of the molecule is CCc1nc(Cl)c(C)c(NC2CC(OC)C2(C)C)n1. The number of nitrogens with one attached hydrogen (secondary N) is 1. The molecule has 1 aromatic heterocycles. The van der Waals surface area contributed by atoms with Crippen LogP contribution in [0.3, 0.4) is 0 Å². The molecule has 1 aliphatic carbocycles. The summed E-state index contributed by atoms with van der Waals surface area (Å²) in [7, 11) is 1.77. The minimum Gasteiger partial charge on any atom is -0.381 e. The number of methoxy groups -OCH3 is 1. The third-order valence-corrected chi connectivity index (χ3v) is 4.59. The summed E-state index contributed by atoms with van der Waals surface area (Å²) in [5, 5.41) is 4.04. The molecule has 0 aliphatic heterocycles. The molecule has 0 amide bonds. The Morgan fingerprint density at radius 2 is 2.11 bits per heavy atom. The van der Waals surface area contributed by atoms with E-state index in [1.807, 2.05) is 13.8 Å². The van der Waals surface area contributed by atoms with Gasteiger partial charge in [0, 0.05) is 30.6 Å². The van der Waals surface area contributed by atoms with Crippen molar-refractivity contribution in [2.24, 2.45) is 5.41 Å². The van der Waals surface area contributed by atoms with Gasteiger partial charge in [0.25, 0.3) is 0 Å². The highest BCUT2D eigenvalue weighted by molar-refractivity contribution is 6.30. The van der Waals surface area contributed by atoms with Crippen molar-refractivity contribution < 1.29 is 4.74 Å². The molecule has 0 radical (unpaired) electrons. The second-order valence-electron chi connectivity index (χ2n) is 5.74. The van der Waals surface area contributed by atoms with Crippen molar-refractivity contribution in [1.82, 2.24) is 9.97 Å². The van der Waals surface area contributed by atoms with Crippen molar-refractivity contribution in [1.29, 1.82) is 0 Å². The van der Waals surface area contributed by atoms with Crippen LogP contribution in [0.4, 0.5) is 5.82 Å². The first kappa shape index (κ1) is 14.5. The summed E-state index contributed by atoms with van der Waals surface area (Å²) in [6.45, 7) is 8.39. The average molecular weight is 284 g/mol. The molecule has 2 atom stereocenters. The Hall–Kier alpha value is -0.870. The molecule has 0 spiro atoms. The highest BCUT2D eigenvalue weighted by Crippen LogP contribution is 2.44. The van der Waals surface area contributed by atoms with Crippen molar-refractivity contribution in [3.8, 4) is 0 Å². The van der Waals surface area contributed by atoms with Gasteiger partial charge in [-0.05, 0) is 13.3 Å². The third kappa shape index (κ3) is 2.56. The molecule has 1 N–H and O–H groups in total. The van der Waals surface area contributed by atoms with Gasteiger partial charge < -0.3 is 10.1 Å². The van der Waals surface area contributed by atoms with Gasteiger partial charge in [-0.1, -0.05) is 32.4 Å². The lowest BCUT2D eigenvalue weighted by molar-refractivity contribution is -0.0795. The number of ether oxygens (including phenoxy) is 1. The van der Waals surface area contributed by atoms with E-state index in [1.165, 1.54) is 0 Å². The van der Waals surface area contributed by atoms with Crippen LogP contribution < -0.4 is 5.32 Å². The van der Waals surface area contributed by atoms with E-state index in [-0.39, 0.29) is 5.41 Å². The number of hydrogen-bond acceptors (Lipinski definition) is 4. The molecule has 2 unspecified atom stereocenters. The zero-order valence-corrected chi connectivity index (χ0v) is 13.0. The van der Waals surface area contributed by atoms with Gasteiger partial charge in [0.05, 0.1) is 6.10 Å². The number of rotatable bonds is 4. The molecule has 1 heterocycles. The highest BCUT2D eigenvalue weighted by Gasteiger charge is 2.48. The number of halogens is 1. The summed E-state index contributed by atoms with van der Waals surface area (Å²) in [6.07, 6.45) is 2.07. The number of anilines is 1. The molecule has 1 aromatic rings. The Balaban J connectivity index is 2.19. The molecular weight excluding hydrogens is 262 g/mol. The van der Waals surface area contributed by atoms with Gasteiger partial charge in [0.2, 0.25) is 0 Å². The Labute approximate surface area is 119 Å². The van der Waals surface area contributed by atoms with Gasteiger partial charge in [0.15, 0.2) is 0 Å². The van der Waals surface area contributed by atoms with Crippen LogP contribution in [-0.2, 0) is 11.2 Å². The minimum atomic E-state index is 0.102. The maximum Gasteiger partial charge on any atom is 0.137 e. The minimum absolute atomic E-state index is 0.102. The predicted molar refractivity (Wildman–Crippen MR) is 77.8 cm³/mol. The smallest absolute Gasteiger partial charge is 0.137 e. The van der Waals surface area contributed by atoms with Gasteiger partial charge in [-0.15, -0.1) is 0 Å². The van der Waals surface area contributed by atoms with Crippen molar-refractivity contribution in [2.75, 3.05) is 12.4 Å². The fraction of sp³-hybridized carbons (Fsp3) is 0.714. The molecule has 5 heteroatoms. The second-order valence-corrected chi connectivity index (χ2v) is 6.09. The highest BCUT2D eigenvalue weighted by atomic mass is 35.5. The van der Waals surface area contributed by atoms with Crippen LogP contribution >= 0.6 is 11.6 Å². The van der Waals surface area contributed by atoms with Crippen molar-refractivity contribution in [2.45, 2.75) is 52.7 Å². The van der Waals surface area contributed by atoms with E-state index in [0.717, 1.165) is 30.0 Å². The molecule has 4 nitrogen and oxygen atoms in total. The molecule has 1 fully saturated rings. The molecular formula is C14H22ClN3O. The zero-order valence-electron chi connectivity index (χ0n) is 12.2. The van der Waals surface area contributed by atoms with E-state index in [0.29, 0.717) is 17.3 Å². The van der Waals surface area contributed by atoms with Gasteiger partial charge >= 0.3 is 0 Å². The number of hydrogen-bond donors (Lipinski definition) is 1. The Morgan fingerprint density at radius 3 is 2.63 bits per heavy atom. The van der Waals surface area contributed by atoms with Crippen molar-refractivity contribution in [3.05, 3.63) is 16.5 Å². The molecule has 0 bridgehead atoms. The quantitative estimate of drug-likeness (QED) is 0.862. The molecule has 2 rings (SSSR count). The van der Waals surface area contributed by atoms with E-state index >= 15 is 0 Å². The number of nitrogens with zero attached hydrogens (tertiary/aromatic N) is 2. The fourth-order valence-corrected chi connectivity index (χ4v) is 2.71. The van der Waals surface area contributed by atoms with Crippen LogP contribution in [0.5, 0.6) is 0 Å². The van der Waals surface area contributed by atoms with Crippen molar-refractivity contribution >= 4 is 17.4 Å². The first-order chi connectivity index (χ1) is 8.90. The van der Waals surface area contributed by atoms with E-state index in [4.69, 9.17) is 16.3 Å². The van der Waals surface area contributed by atoms with Crippen LogP contribution in [-0.4, -0.2) is 29.2 Å². The molecule has 19 heavy (non-hydrogen) atoms. The molecule has 0 saturated heterocycles. The topological polar surface area (TPSA) is 47.0 Å². The van der Waals surface area contributed by atoms with Gasteiger partial charge in [-0.25, -0.2) is 9.97 Å². The van der Waals surface area contributed by atoms with Crippen LogP contribution in [0.15, 0.2) is 0 Å². The fourth-order valence-electron chi connectivity index (χ4n) is 2.53. The monoisotopic (exact) mass is 283 g/mol. The van der Waals surface area contributed by atoms with Crippen LogP contribution in [0.2, 0.25) is 5.15 Å². The number of aromatic nitrogens is 2. The Bertz CT molecular complexity index is 476. The summed E-state index contributed by atoms with van der Waals surface area (Å²) in [5.74, 6) is 1.63. The summed E-state index contributed by atoms with van der Waals surface area (Å²) in [6, 6.07) is 0.354. The number of aryl methyl sites for hydroxylation is 1. The van der Waals surface area contributed by atoms with Gasteiger partial charge in [-0.2, -0.15) is 0 Å². The zero-order chi connectivity index (χ0) is 14.2. The lowest BCUT2D eigenvalue weighted by atomic mass is 9.64. The van der Waals surface area contributed by atoms with Crippen LogP contribution in [0.25, 0.3) is 0 Å². The summed E-state index contributed by atoms with van der Waals surface area (Å²) in [5.41, 5.74) is 1.01. The van der Waals surface area contributed by atoms with E-state index in [1.54, 1.807) is 7.11 Å². The van der Waals surface area contributed by atoms with E-state index < -0.39 is 0 Å². The lowest BCUT2D eigenvalue weighted by Gasteiger charge is -2.51. The molecule has 106 valence electrons. The summed E-state index contributed by atoms with van der Waals surface area (Å²) in [4.78, 5) is 8.80. The molecule has 0 aromatic carbocycles. The molecule has 1 aliphatic rings. The second kappa shape index (κ2) is 5.25. The van der Waals surface area contributed by atoms with Crippen molar-refractivity contribution in [3.63, 3.8) is 0 Å².